The summed E-state index contributed by atoms with van der Waals surface area (Å²) in [4.78, 5) is 40.7. The Morgan fingerprint density at radius 2 is 1.81 bits per heavy atom. The number of rotatable bonds is 4. The van der Waals surface area contributed by atoms with Crippen molar-refractivity contribution in [2.24, 2.45) is 0 Å². The van der Waals surface area contributed by atoms with Crippen LogP contribution in [0, 0.1) is 0 Å². The van der Waals surface area contributed by atoms with Gasteiger partial charge >= 0.3 is 5.63 Å². The molecule has 3 rings (SSSR count). The van der Waals surface area contributed by atoms with E-state index in [4.69, 9.17) is 4.42 Å². The third-order valence-corrected chi connectivity index (χ3v) is 4.75. The molecule has 26 heavy (non-hydrogen) atoms. The lowest BCUT2D eigenvalue weighted by atomic mass is 10.1. The largest absolute Gasteiger partial charge is 0.422 e. The number of carbonyl (C=O) groups excluding carboxylic acids is 2. The molecule has 1 aliphatic heterocycles. The molecular weight excluding hydrogens is 332 g/mol. The summed E-state index contributed by atoms with van der Waals surface area (Å²) in [6.45, 7) is 4.18. The number of fused-ring (bicyclic) bond motifs is 1. The molecule has 2 aromatic rings. The molecule has 0 radical (unpaired) electrons. The van der Waals surface area contributed by atoms with Crippen molar-refractivity contribution in [1.82, 2.24) is 9.80 Å². The summed E-state index contributed by atoms with van der Waals surface area (Å²) in [6.07, 6.45) is 3.14. The Morgan fingerprint density at radius 3 is 2.62 bits per heavy atom. The maximum absolute atomic E-state index is 12.8. The second-order valence-corrected chi connectivity index (χ2v) is 6.62. The molecule has 1 fully saturated rings. The van der Waals surface area contributed by atoms with E-state index in [1.165, 1.54) is 0 Å². The van der Waals surface area contributed by atoms with Crippen LogP contribution in [0.15, 0.2) is 39.5 Å². The molecule has 1 aromatic heterocycles. The second-order valence-electron chi connectivity index (χ2n) is 6.62. The maximum atomic E-state index is 12.8. The van der Waals surface area contributed by atoms with Crippen LogP contribution >= 0.6 is 0 Å². The quantitative estimate of drug-likeness (QED) is 0.790. The lowest BCUT2D eigenvalue weighted by Crippen LogP contribution is -2.38. The molecule has 2 amide bonds. The number of para-hydroxylation sites is 1. The fourth-order valence-corrected chi connectivity index (χ4v) is 3.24. The molecule has 1 saturated heterocycles. The zero-order valence-corrected chi connectivity index (χ0v) is 15.1. The Kier molecular flexibility index (Phi) is 5.71. The molecule has 0 unspecified atom stereocenters. The second kappa shape index (κ2) is 8.17. The van der Waals surface area contributed by atoms with Crippen molar-refractivity contribution in [3.63, 3.8) is 0 Å². The summed E-state index contributed by atoms with van der Waals surface area (Å²) < 4.78 is 5.27. The highest BCUT2D eigenvalue weighted by molar-refractivity contribution is 5.96. The zero-order valence-electron chi connectivity index (χ0n) is 15.1. The molecular formula is C20H24N2O4. The van der Waals surface area contributed by atoms with Gasteiger partial charge in [0.05, 0.1) is 0 Å². The molecule has 0 spiro atoms. The molecule has 138 valence electrons. The highest BCUT2D eigenvalue weighted by atomic mass is 16.4. The molecule has 0 N–H and O–H groups in total. The van der Waals surface area contributed by atoms with E-state index in [9.17, 15) is 14.4 Å². The van der Waals surface area contributed by atoms with Gasteiger partial charge in [0, 0.05) is 38.0 Å². The topological polar surface area (TPSA) is 70.8 Å². The Bertz CT molecular complexity index is 858. The molecule has 2 heterocycles. The SMILES string of the molecule is CCCCC(=O)N1CCCN(C(=O)c2cc3ccccc3oc2=O)CC1. The number of hydrogen-bond acceptors (Lipinski definition) is 4. The van der Waals surface area contributed by atoms with E-state index >= 15 is 0 Å². The standard InChI is InChI=1S/C20H24N2O4/c1-2-3-9-18(23)21-10-6-11-22(13-12-21)19(24)16-14-15-7-4-5-8-17(15)26-20(16)25/h4-5,7-8,14H,2-3,6,9-13H2,1H3. The van der Waals surface area contributed by atoms with Crippen molar-refractivity contribution < 1.29 is 14.0 Å². The molecule has 0 saturated carbocycles. The zero-order chi connectivity index (χ0) is 18.5. The van der Waals surface area contributed by atoms with Crippen molar-refractivity contribution in [2.45, 2.75) is 32.6 Å². The number of carbonyl (C=O) groups is 2. The fraction of sp³-hybridized carbons (Fsp3) is 0.450. The third kappa shape index (κ3) is 3.95. The van der Waals surface area contributed by atoms with Crippen LogP contribution in [0.4, 0.5) is 0 Å². The van der Waals surface area contributed by atoms with Crippen LogP contribution < -0.4 is 5.63 Å². The number of hydrogen-bond donors (Lipinski definition) is 0. The van der Waals surface area contributed by atoms with Crippen molar-refractivity contribution in [2.75, 3.05) is 26.2 Å². The first-order valence-corrected chi connectivity index (χ1v) is 9.20. The molecule has 0 aliphatic carbocycles. The normalized spacial score (nSPS) is 15.1. The van der Waals surface area contributed by atoms with Crippen LogP contribution in [0.5, 0.6) is 0 Å². The molecule has 6 heteroatoms. The Morgan fingerprint density at radius 1 is 1.08 bits per heavy atom. The van der Waals surface area contributed by atoms with Gasteiger partial charge < -0.3 is 14.2 Å². The number of nitrogens with zero attached hydrogens (tertiary/aromatic N) is 2. The smallest absolute Gasteiger partial charge is 0.349 e. The lowest BCUT2D eigenvalue weighted by Gasteiger charge is -2.22. The first kappa shape index (κ1) is 18.2. The van der Waals surface area contributed by atoms with Gasteiger partial charge in [-0.15, -0.1) is 0 Å². The van der Waals surface area contributed by atoms with Gasteiger partial charge in [-0.3, -0.25) is 9.59 Å². The van der Waals surface area contributed by atoms with Gasteiger partial charge in [0.1, 0.15) is 11.1 Å². The summed E-state index contributed by atoms with van der Waals surface area (Å²) in [6, 6.07) is 8.73. The van der Waals surface area contributed by atoms with Gasteiger partial charge in [-0.05, 0) is 25.0 Å². The minimum atomic E-state index is -0.617. The van der Waals surface area contributed by atoms with Crippen LogP contribution in [0.25, 0.3) is 11.0 Å². The summed E-state index contributed by atoms with van der Waals surface area (Å²) in [5.41, 5.74) is -0.0964. The fourth-order valence-electron chi connectivity index (χ4n) is 3.24. The van der Waals surface area contributed by atoms with E-state index in [0.29, 0.717) is 44.6 Å². The predicted octanol–water partition coefficient (Wildman–Crippen LogP) is 2.66. The van der Waals surface area contributed by atoms with Gasteiger partial charge in [0.25, 0.3) is 5.91 Å². The highest BCUT2D eigenvalue weighted by Gasteiger charge is 2.24. The number of amides is 2. The molecule has 1 aromatic carbocycles. The van der Waals surface area contributed by atoms with Crippen LogP contribution in [0.2, 0.25) is 0 Å². The van der Waals surface area contributed by atoms with E-state index in [-0.39, 0.29) is 17.4 Å². The van der Waals surface area contributed by atoms with Gasteiger partial charge in [-0.25, -0.2) is 4.79 Å². The number of benzene rings is 1. The molecule has 0 bridgehead atoms. The average molecular weight is 356 g/mol. The average Bonchev–Trinajstić information content (AvgIpc) is 2.91. The van der Waals surface area contributed by atoms with Crippen LogP contribution in [0.3, 0.4) is 0 Å². The Hall–Kier alpha value is -2.63. The van der Waals surface area contributed by atoms with Crippen LogP contribution in [-0.2, 0) is 4.79 Å². The first-order chi connectivity index (χ1) is 12.6. The van der Waals surface area contributed by atoms with E-state index < -0.39 is 5.63 Å². The highest BCUT2D eigenvalue weighted by Crippen LogP contribution is 2.15. The van der Waals surface area contributed by atoms with E-state index in [1.54, 1.807) is 23.1 Å². The van der Waals surface area contributed by atoms with Crippen molar-refractivity contribution >= 4 is 22.8 Å². The lowest BCUT2D eigenvalue weighted by molar-refractivity contribution is -0.131. The van der Waals surface area contributed by atoms with Crippen LogP contribution in [0.1, 0.15) is 43.0 Å². The summed E-state index contributed by atoms with van der Waals surface area (Å²) >= 11 is 0. The molecule has 0 atom stereocenters. The van der Waals surface area contributed by atoms with Gasteiger partial charge in [-0.1, -0.05) is 31.5 Å². The summed E-state index contributed by atoms with van der Waals surface area (Å²) in [5.74, 6) is -0.182. The van der Waals surface area contributed by atoms with Gasteiger partial charge in [-0.2, -0.15) is 0 Å². The molecule has 6 nitrogen and oxygen atoms in total. The Labute approximate surface area is 152 Å². The van der Waals surface area contributed by atoms with Crippen LogP contribution in [-0.4, -0.2) is 47.8 Å². The van der Waals surface area contributed by atoms with E-state index in [2.05, 4.69) is 6.92 Å². The summed E-state index contributed by atoms with van der Waals surface area (Å²) in [7, 11) is 0. The first-order valence-electron chi connectivity index (χ1n) is 9.20. The minimum absolute atomic E-state index is 0.0504. The summed E-state index contributed by atoms with van der Waals surface area (Å²) in [5, 5.41) is 0.724. The van der Waals surface area contributed by atoms with Crippen molar-refractivity contribution in [3.8, 4) is 0 Å². The number of unbranched alkanes of at least 4 members (excludes halogenated alkanes) is 1. The Balaban J connectivity index is 1.73. The third-order valence-electron chi connectivity index (χ3n) is 4.75. The van der Waals surface area contributed by atoms with E-state index in [0.717, 1.165) is 18.2 Å². The molecule has 1 aliphatic rings. The van der Waals surface area contributed by atoms with E-state index in [1.807, 2.05) is 17.0 Å². The van der Waals surface area contributed by atoms with Crippen molar-refractivity contribution in [3.05, 3.63) is 46.3 Å². The van der Waals surface area contributed by atoms with Gasteiger partial charge in [0.15, 0.2) is 0 Å². The van der Waals surface area contributed by atoms with Crippen molar-refractivity contribution in [1.29, 1.82) is 0 Å². The minimum Gasteiger partial charge on any atom is -0.422 e. The van der Waals surface area contributed by atoms with Gasteiger partial charge in [0.2, 0.25) is 5.91 Å². The predicted molar refractivity (Wildman–Crippen MR) is 99.1 cm³/mol. The monoisotopic (exact) mass is 356 g/mol. The maximum Gasteiger partial charge on any atom is 0.349 e.